The summed E-state index contributed by atoms with van der Waals surface area (Å²) in [6, 6.07) is 7.82. The number of rotatable bonds is 9. The SMILES string of the molecule is CCCCCCCC.Cc1ccc(SP(C)(=O)C2(C(N)=O)CCOCC2)cc1. The van der Waals surface area contributed by atoms with Crippen molar-refractivity contribution in [2.24, 2.45) is 5.73 Å². The molecule has 0 aliphatic carbocycles. The highest BCUT2D eigenvalue weighted by Gasteiger charge is 2.51. The van der Waals surface area contributed by atoms with Gasteiger partial charge in [0.05, 0.1) is 0 Å². The van der Waals surface area contributed by atoms with Crippen LogP contribution in [0, 0.1) is 6.92 Å². The van der Waals surface area contributed by atoms with E-state index in [0.29, 0.717) is 26.1 Å². The lowest BCUT2D eigenvalue weighted by Gasteiger charge is -2.38. The molecule has 1 unspecified atom stereocenters. The summed E-state index contributed by atoms with van der Waals surface area (Å²) in [6.45, 7) is 9.07. The molecular formula is C22H38NO3PS. The van der Waals surface area contributed by atoms with E-state index in [1.54, 1.807) is 6.66 Å². The lowest BCUT2D eigenvalue weighted by atomic mass is 9.98. The molecule has 1 atom stereocenters. The monoisotopic (exact) mass is 427 g/mol. The second-order valence-corrected chi connectivity index (χ2v) is 13.5. The summed E-state index contributed by atoms with van der Waals surface area (Å²) in [4.78, 5) is 12.9. The first-order valence-electron chi connectivity index (χ1n) is 10.5. The molecule has 0 spiro atoms. The summed E-state index contributed by atoms with van der Waals surface area (Å²) in [5, 5.41) is -0.944. The zero-order valence-electron chi connectivity index (χ0n) is 18.0. The molecule has 4 nitrogen and oxygen atoms in total. The fourth-order valence-corrected chi connectivity index (χ4v) is 8.45. The second-order valence-electron chi connectivity index (χ2n) is 7.67. The number of aryl methyl sites for hydroxylation is 1. The Kier molecular flexibility index (Phi) is 11.5. The van der Waals surface area contributed by atoms with E-state index < -0.39 is 17.4 Å². The van der Waals surface area contributed by atoms with Gasteiger partial charge in [-0.15, -0.1) is 0 Å². The predicted molar refractivity (Wildman–Crippen MR) is 122 cm³/mol. The van der Waals surface area contributed by atoms with Crippen LogP contribution in [0.5, 0.6) is 0 Å². The topological polar surface area (TPSA) is 69.4 Å². The summed E-state index contributed by atoms with van der Waals surface area (Å²) in [7, 11) is 0. The smallest absolute Gasteiger partial charge is 0.232 e. The second kappa shape index (κ2) is 12.7. The van der Waals surface area contributed by atoms with Gasteiger partial charge in [-0.3, -0.25) is 4.79 Å². The van der Waals surface area contributed by atoms with Crippen LogP contribution in [0.25, 0.3) is 0 Å². The maximum Gasteiger partial charge on any atom is 0.232 e. The summed E-state index contributed by atoms with van der Waals surface area (Å²) in [5.74, 6) is -0.466. The van der Waals surface area contributed by atoms with Gasteiger partial charge in [-0.2, -0.15) is 0 Å². The third kappa shape index (κ3) is 7.57. The average Bonchev–Trinajstić information content (AvgIpc) is 2.68. The maximum atomic E-state index is 13.2. The summed E-state index contributed by atoms with van der Waals surface area (Å²) in [6.07, 6.45) is 6.54. The number of hydrogen-bond acceptors (Lipinski definition) is 4. The summed E-state index contributed by atoms with van der Waals surface area (Å²) in [5.41, 5.74) is 6.74. The normalized spacial score (nSPS) is 17.9. The number of amides is 1. The highest BCUT2D eigenvalue weighted by Crippen LogP contribution is 2.70. The van der Waals surface area contributed by atoms with Crippen LogP contribution >= 0.6 is 17.7 Å². The molecule has 28 heavy (non-hydrogen) atoms. The Bertz CT molecular complexity index is 621. The van der Waals surface area contributed by atoms with E-state index in [1.165, 1.54) is 49.9 Å². The van der Waals surface area contributed by atoms with Gasteiger partial charge in [0.1, 0.15) is 5.16 Å². The fourth-order valence-electron chi connectivity index (χ4n) is 3.30. The molecule has 1 amide bonds. The molecule has 160 valence electrons. The molecule has 2 N–H and O–H groups in total. The molecule has 0 aromatic heterocycles. The number of carbonyl (C=O) groups excluding carboxylic acids is 1. The van der Waals surface area contributed by atoms with E-state index in [4.69, 9.17) is 10.5 Å². The molecule has 1 aliphatic heterocycles. The lowest BCUT2D eigenvalue weighted by molar-refractivity contribution is -0.122. The summed E-state index contributed by atoms with van der Waals surface area (Å²) >= 11 is 1.29. The number of carbonyl (C=O) groups is 1. The van der Waals surface area contributed by atoms with Gasteiger partial charge in [-0.25, -0.2) is 0 Å². The quantitative estimate of drug-likeness (QED) is 0.366. The van der Waals surface area contributed by atoms with Gasteiger partial charge < -0.3 is 15.0 Å². The molecule has 2 rings (SSSR count). The molecular weight excluding hydrogens is 389 g/mol. The Morgan fingerprint density at radius 1 is 1.07 bits per heavy atom. The lowest BCUT2D eigenvalue weighted by Crippen LogP contribution is -2.47. The molecule has 6 heteroatoms. The van der Waals surface area contributed by atoms with Crippen LogP contribution in [0.1, 0.15) is 70.8 Å². The van der Waals surface area contributed by atoms with Crippen LogP contribution in [0.3, 0.4) is 0 Å². The molecule has 1 fully saturated rings. The average molecular weight is 428 g/mol. The van der Waals surface area contributed by atoms with Crippen molar-refractivity contribution in [3.63, 3.8) is 0 Å². The number of hydrogen-bond donors (Lipinski definition) is 1. The van der Waals surface area contributed by atoms with E-state index in [9.17, 15) is 9.36 Å². The Morgan fingerprint density at radius 3 is 2.00 bits per heavy atom. The van der Waals surface area contributed by atoms with Crippen molar-refractivity contribution in [3.8, 4) is 0 Å². The first-order valence-corrected chi connectivity index (χ1v) is 14.1. The van der Waals surface area contributed by atoms with Gasteiger partial charge in [0.2, 0.25) is 5.91 Å². The van der Waals surface area contributed by atoms with E-state index in [1.807, 2.05) is 31.2 Å². The van der Waals surface area contributed by atoms with E-state index >= 15 is 0 Å². The van der Waals surface area contributed by atoms with Crippen molar-refractivity contribution < 1.29 is 14.1 Å². The number of ether oxygens (including phenoxy) is 1. The van der Waals surface area contributed by atoms with Crippen molar-refractivity contribution in [1.82, 2.24) is 0 Å². The molecule has 0 bridgehead atoms. The third-order valence-corrected chi connectivity index (χ3v) is 11.1. The highest BCUT2D eigenvalue weighted by molar-refractivity contribution is 8.58. The van der Waals surface area contributed by atoms with Crippen molar-refractivity contribution in [2.75, 3.05) is 19.9 Å². The molecule has 1 aliphatic rings. The Hall–Kier alpha value is -0.770. The van der Waals surface area contributed by atoms with Gasteiger partial charge in [-0.05, 0) is 38.6 Å². The standard InChI is InChI=1S/C14H20NO3PS.C8H18/c1-11-3-5-12(6-4-11)20-19(2,17)14(13(15)16)7-9-18-10-8-14;1-3-5-7-8-6-4-2/h3-6H,7-10H2,1-2H3,(H2,15,16);3-8H2,1-2H3. The van der Waals surface area contributed by atoms with Crippen molar-refractivity contribution in [3.05, 3.63) is 29.8 Å². The van der Waals surface area contributed by atoms with Crippen molar-refractivity contribution >= 4 is 23.6 Å². The fraction of sp³-hybridized carbons (Fsp3) is 0.682. The first kappa shape index (κ1) is 25.3. The van der Waals surface area contributed by atoms with Gasteiger partial charge in [0.25, 0.3) is 0 Å². The van der Waals surface area contributed by atoms with Gasteiger partial charge >= 0.3 is 0 Å². The van der Waals surface area contributed by atoms with Gasteiger partial charge in [0, 0.05) is 18.1 Å². The number of nitrogens with two attached hydrogens (primary N) is 1. The van der Waals surface area contributed by atoms with Crippen LogP contribution in [0.2, 0.25) is 0 Å². The number of benzene rings is 1. The van der Waals surface area contributed by atoms with E-state index in [-0.39, 0.29) is 0 Å². The van der Waals surface area contributed by atoms with Gasteiger partial charge in [-0.1, -0.05) is 81.5 Å². The van der Waals surface area contributed by atoms with Crippen LogP contribution in [0.15, 0.2) is 29.2 Å². The highest BCUT2D eigenvalue weighted by atomic mass is 32.7. The molecule has 1 heterocycles. The Balaban J connectivity index is 0.000000416. The van der Waals surface area contributed by atoms with Crippen LogP contribution in [0.4, 0.5) is 0 Å². The minimum Gasteiger partial charge on any atom is -0.381 e. The van der Waals surface area contributed by atoms with Crippen molar-refractivity contribution in [2.45, 2.75) is 82.2 Å². The number of primary amides is 1. The van der Waals surface area contributed by atoms with E-state index in [2.05, 4.69) is 13.8 Å². The summed E-state index contributed by atoms with van der Waals surface area (Å²) < 4.78 is 18.5. The van der Waals surface area contributed by atoms with Crippen LogP contribution in [-0.2, 0) is 14.1 Å². The van der Waals surface area contributed by atoms with Crippen LogP contribution < -0.4 is 5.73 Å². The minimum absolute atomic E-state index is 0.439. The van der Waals surface area contributed by atoms with Crippen LogP contribution in [-0.4, -0.2) is 30.9 Å². The molecule has 1 saturated heterocycles. The third-order valence-electron chi connectivity index (χ3n) is 5.31. The molecule has 1 aromatic rings. The predicted octanol–water partition coefficient (Wildman–Crippen LogP) is 6.40. The molecule has 0 radical (unpaired) electrons. The van der Waals surface area contributed by atoms with Crippen molar-refractivity contribution in [1.29, 1.82) is 0 Å². The minimum atomic E-state index is -2.83. The largest absolute Gasteiger partial charge is 0.381 e. The molecule has 1 aromatic carbocycles. The first-order chi connectivity index (χ1) is 13.3. The zero-order valence-corrected chi connectivity index (χ0v) is 19.7. The zero-order chi connectivity index (χ0) is 21.0. The molecule has 0 saturated carbocycles. The Morgan fingerprint density at radius 2 is 1.57 bits per heavy atom. The number of unbranched alkanes of at least 4 members (excludes halogenated alkanes) is 5. The Labute approximate surface area is 175 Å². The van der Waals surface area contributed by atoms with E-state index in [0.717, 1.165) is 10.5 Å². The maximum absolute atomic E-state index is 13.2. The van der Waals surface area contributed by atoms with Gasteiger partial charge in [0.15, 0.2) is 6.34 Å².